The van der Waals surface area contributed by atoms with E-state index in [1.165, 1.54) is 6.21 Å². The highest BCUT2D eigenvalue weighted by atomic mass is 16.7. The molecule has 78 valence electrons. The van der Waals surface area contributed by atoms with E-state index in [0.717, 1.165) is 0 Å². The van der Waals surface area contributed by atoms with Crippen LogP contribution in [0, 0.1) is 4.91 Å². The molecule has 0 radical (unpaired) electrons. The molecule has 0 aliphatic carbocycles. The number of nitrogens with two attached hydrogens (primary N) is 1. The van der Waals surface area contributed by atoms with Gasteiger partial charge in [0.1, 0.15) is 4.91 Å². The van der Waals surface area contributed by atoms with E-state index >= 15 is 0 Å². The summed E-state index contributed by atoms with van der Waals surface area (Å²) in [6.07, 6.45) is 2.95. The van der Waals surface area contributed by atoms with Gasteiger partial charge in [0.2, 0.25) is 0 Å². The van der Waals surface area contributed by atoms with Gasteiger partial charge < -0.3 is 5.73 Å². The van der Waals surface area contributed by atoms with Crippen molar-refractivity contribution in [2.45, 2.75) is 0 Å². The summed E-state index contributed by atoms with van der Waals surface area (Å²) >= 11 is 0. The molecule has 15 heavy (non-hydrogen) atoms. The molecule has 1 heterocycles. The zero-order chi connectivity index (χ0) is 11.1. The van der Waals surface area contributed by atoms with Crippen LogP contribution in [-0.2, 0) is 0 Å². The van der Waals surface area contributed by atoms with Crippen LogP contribution in [-0.4, -0.2) is 27.4 Å². The predicted octanol–water partition coefficient (Wildman–Crippen LogP) is -0.597. The summed E-state index contributed by atoms with van der Waals surface area (Å²) < 4.78 is 0. The minimum atomic E-state index is -0.574. The summed E-state index contributed by atoms with van der Waals surface area (Å²) in [6, 6.07) is 5.26. The highest BCUT2D eigenvalue weighted by Gasteiger charge is 2.03. The number of hydrogen-bond acceptors (Lipinski definition) is 4. The third kappa shape index (κ3) is 4.31. The van der Waals surface area contributed by atoms with E-state index in [9.17, 15) is 4.91 Å². The summed E-state index contributed by atoms with van der Waals surface area (Å²) in [5.74, 6) is -0.334. The fourth-order valence-corrected chi connectivity index (χ4v) is 0.723. The first-order valence-electron chi connectivity index (χ1n) is 3.89. The monoisotopic (exact) mass is 209 g/mol. The van der Waals surface area contributed by atoms with Crippen LogP contribution in [0.25, 0.3) is 0 Å². The van der Waals surface area contributed by atoms with Crippen LogP contribution in [0.5, 0.6) is 0 Å². The summed E-state index contributed by atoms with van der Waals surface area (Å²) in [5.41, 5.74) is 7.49. The molecule has 0 spiro atoms. The molecule has 4 N–H and O–H groups in total. The lowest BCUT2D eigenvalue weighted by Crippen LogP contribution is -2.36. The van der Waals surface area contributed by atoms with E-state index < -0.39 is 5.03 Å². The van der Waals surface area contributed by atoms with Gasteiger partial charge in [-0.05, 0) is 17.6 Å². The molecule has 0 aliphatic rings. The number of hydrogen-bond donors (Lipinski definition) is 3. The van der Waals surface area contributed by atoms with E-state index in [2.05, 4.69) is 15.2 Å². The van der Waals surface area contributed by atoms with Gasteiger partial charge in [0.05, 0.1) is 11.9 Å². The maximum absolute atomic E-state index is 10.0. The van der Waals surface area contributed by atoms with Gasteiger partial charge in [0, 0.05) is 6.20 Å². The Hall–Kier alpha value is -2.51. The topological polar surface area (TPSA) is 116 Å². The molecule has 8 heteroatoms. The standard InChI is InChI=1S/C7H9N6O2/c8-7(12-13(14)15)11-10-5-6-3-1-2-4-9-6/h1-5H,(H,14,15)(H3,8,11,12)/q+1/b10-5+. The van der Waals surface area contributed by atoms with E-state index in [4.69, 9.17) is 10.9 Å². The van der Waals surface area contributed by atoms with Crippen molar-refractivity contribution in [3.8, 4) is 0 Å². The minimum absolute atomic E-state index is 0.334. The summed E-state index contributed by atoms with van der Waals surface area (Å²) in [7, 11) is 0. The normalized spacial score (nSPS) is 11.6. The van der Waals surface area contributed by atoms with Crippen molar-refractivity contribution in [1.82, 2.24) is 10.4 Å². The third-order valence-electron chi connectivity index (χ3n) is 1.25. The van der Waals surface area contributed by atoms with Crippen LogP contribution in [0.2, 0.25) is 0 Å². The second-order valence-corrected chi connectivity index (χ2v) is 2.37. The van der Waals surface area contributed by atoms with Gasteiger partial charge in [0.15, 0.2) is 0 Å². The molecule has 1 rings (SSSR count). The zero-order valence-electron chi connectivity index (χ0n) is 7.61. The molecule has 0 aliphatic heterocycles. The average molecular weight is 209 g/mol. The molecule has 1 aromatic heterocycles. The second kappa shape index (κ2) is 5.27. The molecule has 8 nitrogen and oxygen atoms in total. The summed E-state index contributed by atoms with van der Waals surface area (Å²) in [5, 5.41) is 14.5. The molecule has 0 aromatic carbocycles. The van der Waals surface area contributed by atoms with Gasteiger partial charge in [-0.15, -0.1) is 5.10 Å². The Morgan fingerprint density at radius 3 is 3.07 bits per heavy atom. The number of pyridine rings is 1. The Labute approximate surface area is 84.7 Å². The van der Waals surface area contributed by atoms with Crippen LogP contribution in [0.15, 0.2) is 34.6 Å². The molecular formula is C7H9N6O2+. The number of hydrazine groups is 1. The zero-order valence-corrected chi connectivity index (χ0v) is 7.61. The first-order valence-corrected chi connectivity index (χ1v) is 3.89. The van der Waals surface area contributed by atoms with Crippen molar-refractivity contribution in [2.75, 3.05) is 0 Å². The fourth-order valence-electron chi connectivity index (χ4n) is 0.723. The lowest BCUT2D eigenvalue weighted by Gasteiger charge is -1.88. The third-order valence-corrected chi connectivity index (χ3v) is 1.25. The molecule has 1 aromatic rings. The number of guanidine groups is 1. The van der Waals surface area contributed by atoms with Crippen LogP contribution in [0.1, 0.15) is 5.69 Å². The lowest BCUT2D eigenvalue weighted by molar-refractivity contribution is -0.822. The predicted molar refractivity (Wildman–Crippen MR) is 52.0 cm³/mol. The largest absolute Gasteiger partial charge is 0.364 e. The van der Waals surface area contributed by atoms with E-state index in [1.807, 2.05) is 0 Å². The number of nitrogens with one attached hydrogen (secondary N) is 1. The smallest absolute Gasteiger partial charge is 0.362 e. The molecule has 0 fully saturated rings. The Balaban J connectivity index is 2.56. The first kappa shape index (κ1) is 10.6. The van der Waals surface area contributed by atoms with Crippen molar-refractivity contribution in [3.63, 3.8) is 0 Å². The Morgan fingerprint density at radius 2 is 2.47 bits per heavy atom. The number of aromatic nitrogens is 1. The molecule has 0 amide bonds. The molecule has 0 unspecified atom stereocenters. The van der Waals surface area contributed by atoms with Crippen LogP contribution in [0.4, 0.5) is 0 Å². The van der Waals surface area contributed by atoms with Gasteiger partial charge in [-0.25, -0.2) is 5.21 Å². The molecule has 0 atom stereocenters. The Kier molecular flexibility index (Phi) is 3.71. The number of rotatable bonds is 3. The van der Waals surface area contributed by atoms with E-state index in [0.29, 0.717) is 5.69 Å². The quantitative estimate of drug-likeness (QED) is 0.349. The maximum Gasteiger partial charge on any atom is 0.362 e. The fraction of sp³-hybridized carbons (Fsp3) is 0. The SMILES string of the molecule is N/C(=N\N=C\c1ccccn1)N[N+](=O)O. The first-order chi connectivity index (χ1) is 7.18. The minimum Gasteiger partial charge on any atom is -0.364 e. The number of nitrogens with zero attached hydrogens (tertiary/aromatic N) is 4. The van der Waals surface area contributed by atoms with Crippen LogP contribution < -0.4 is 11.2 Å². The molecular weight excluding hydrogens is 200 g/mol. The van der Waals surface area contributed by atoms with Crippen molar-refractivity contribution in [1.29, 1.82) is 0 Å². The second-order valence-electron chi connectivity index (χ2n) is 2.37. The van der Waals surface area contributed by atoms with Crippen molar-refractivity contribution in [3.05, 3.63) is 35.0 Å². The maximum atomic E-state index is 10.0. The van der Waals surface area contributed by atoms with Crippen molar-refractivity contribution < 1.29 is 10.2 Å². The molecule has 0 bridgehead atoms. The van der Waals surface area contributed by atoms with Crippen LogP contribution >= 0.6 is 0 Å². The van der Waals surface area contributed by atoms with Crippen LogP contribution in [0.3, 0.4) is 0 Å². The average Bonchev–Trinajstić information content (AvgIpc) is 2.18. The molecule has 0 saturated heterocycles. The van der Waals surface area contributed by atoms with Gasteiger partial charge in [-0.3, -0.25) is 4.98 Å². The van der Waals surface area contributed by atoms with Gasteiger partial charge in [-0.2, -0.15) is 5.10 Å². The highest BCUT2D eigenvalue weighted by Crippen LogP contribution is 1.88. The Morgan fingerprint density at radius 1 is 1.67 bits per heavy atom. The van der Waals surface area contributed by atoms with E-state index in [1.54, 1.807) is 29.8 Å². The van der Waals surface area contributed by atoms with E-state index in [-0.39, 0.29) is 5.96 Å². The van der Waals surface area contributed by atoms with Gasteiger partial charge in [0.25, 0.3) is 5.96 Å². The lowest BCUT2D eigenvalue weighted by atomic mass is 10.4. The summed E-state index contributed by atoms with van der Waals surface area (Å²) in [6.45, 7) is 0. The van der Waals surface area contributed by atoms with Gasteiger partial charge in [-0.1, -0.05) is 6.07 Å². The van der Waals surface area contributed by atoms with Gasteiger partial charge >= 0.3 is 5.03 Å². The van der Waals surface area contributed by atoms with Crippen molar-refractivity contribution in [2.24, 2.45) is 15.9 Å². The molecule has 0 saturated carbocycles. The van der Waals surface area contributed by atoms with Crippen molar-refractivity contribution >= 4 is 12.2 Å². The highest BCUT2D eigenvalue weighted by molar-refractivity contribution is 5.80. The Bertz CT molecular complexity index is 388. The summed E-state index contributed by atoms with van der Waals surface area (Å²) in [4.78, 5) is 14.0.